The molecule has 73 heavy (non-hydrogen) atoms. The average Bonchev–Trinajstić information content (AvgIpc) is 3.39. The molecule has 418 valence electrons. The number of hydrogen-bond acceptors (Lipinski definition) is 10. The monoisotopic (exact) mass is 1020 g/mol. The Balaban J connectivity index is 2.78. The van der Waals surface area contributed by atoms with Gasteiger partial charge in [-0.15, -0.1) is 0 Å². The number of hydrogen-bond donors (Lipinski definition) is 6. The van der Waals surface area contributed by atoms with Crippen LogP contribution in [0.4, 0.5) is 0 Å². The summed E-state index contributed by atoms with van der Waals surface area (Å²) in [6.45, 7) is 5.58. The number of carbonyl (C=O) groups is 2. The van der Waals surface area contributed by atoms with Crippen LogP contribution in [0.3, 0.4) is 0 Å². The van der Waals surface area contributed by atoms with E-state index in [1.807, 2.05) is 18.2 Å². The van der Waals surface area contributed by atoms with Crippen LogP contribution in [-0.2, 0) is 23.8 Å². The number of aliphatic hydroxyl groups is 5. The molecular formula is C62H105NO10. The van der Waals surface area contributed by atoms with Crippen LogP contribution >= 0.6 is 0 Å². The Kier molecular flexibility index (Phi) is 45.8. The molecule has 8 atom stereocenters. The largest absolute Gasteiger partial charge is 0.454 e. The van der Waals surface area contributed by atoms with Gasteiger partial charge in [-0.25, -0.2) is 0 Å². The first-order valence-corrected chi connectivity index (χ1v) is 29.0. The van der Waals surface area contributed by atoms with Gasteiger partial charge >= 0.3 is 5.97 Å². The highest BCUT2D eigenvalue weighted by Gasteiger charge is 2.47. The molecule has 1 amide bonds. The number of unbranched alkanes of at least 4 members (excludes halogenated alkanes) is 20. The standard InChI is InChI=1S/C62H105NO10/c1-4-7-10-13-16-19-22-24-26-27-28-30-31-34-37-40-43-46-49-55(66)61(70)63-53(54(65)48-45-42-39-36-33-21-18-15-12-9-6-3)52-71-62-60(59(69)58(68)56(51-64)72-62)73-57(67)50-47-44-41-38-35-32-29-25-23-20-17-14-11-8-5-2/h7,10,16,19-20,23-24,26,28,30,34,37,43,45-46,48,53-56,58-60,62,64-66,68-69H,4-6,8-9,11-15,17-18,21-22,25,27,29,31-33,35-36,38-42,44,47,49-52H2,1-3H3,(H,63,70)/b10-7-,19-16-,23-20-,26-24-,30-28-,37-34-,46-43-,48-45+. The van der Waals surface area contributed by atoms with Crippen LogP contribution in [0.1, 0.15) is 220 Å². The minimum Gasteiger partial charge on any atom is -0.454 e. The third-order valence-corrected chi connectivity index (χ3v) is 13.0. The van der Waals surface area contributed by atoms with Gasteiger partial charge < -0.3 is 45.1 Å². The van der Waals surface area contributed by atoms with E-state index in [4.69, 9.17) is 14.2 Å². The van der Waals surface area contributed by atoms with E-state index in [9.17, 15) is 35.1 Å². The van der Waals surface area contributed by atoms with Gasteiger partial charge in [0.15, 0.2) is 12.4 Å². The van der Waals surface area contributed by atoms with Gasteiger partial charge in [0, 0.05) is 12.8 Å². The third kappa shape index (κ3) is 37.9. The molecule has 0 aromatic rings. The second kappa shape index (κ2) is 49.5. The smallest absolute Gasteiger partial charge is 0.306 e. The predicted molar refractivity (Wildman–Crippen MR) is 301 cm³/mol. The van der Waals surface area contributed by atoms with Crippen LogP contribution in [0.25, 0.3) is 0 Å². The zero-order valence-corrected chi connectivity index (χ0v) is 46.0. The summed E-state index contributed by atoms with van der Waals surface area (Å²) >= 11 is 0. The van der Waals surface area contributed by atoms with Crippen molar-refractivity contribution in [3.8, 4) is 0 Å². The zero-order valence-electron chi connectivity index (χ0n) is 46.0. The maximum Gasteiger partial charge on any atom is 0.306 e. The Morgan fingerprint density at radius 3 is 1.48 bits per heavy atom. The lowest BCUT2D eigenvalue weighted by molar-refractivity contribution is -0.305. The van der Waals surface area contributed by atoms with Crippen molar-refractivity contribution in [1.82, 2.24) is 5.32 Å². The number of amides is 1. The summed E-state index contributed by atoms with van der Waals surface area (Å²) in [5.41, 5.74) is 0. The Morgan fingerprint density at radius 2 is 0.986 bits per heavy atom. The molecule has 0 saturated carbocycles. The number of esters is 1. The van der Waals surface area contributed by atoms with E-state index in [0.29, 0.717) is 12.8 Å². The van der Waals surface area contributed by atoms with E-state index in [1.54, 1.807) is 12.2 Å². The summed E-state index contributed by atoms with van der Waals surface area (Å²) in [5.74, 6) is -1.30. The normalized spacial score (nSPS) is 20.1. The van der Waals surface area contributed by atoms with Crippen molar-refractivity contribution < 1.29 is 49.3 Å². The van der Waals surface area contributed by atoms with Crippen LogP contribution in [-0.4, -0.2) is 99.6 Å². The van der Waals surface area contributed by atoms with Gasteiger partial charge in [0.1, 0.15) is 24.4 Å². The number of aliphatic hydroxyl groups excluding tert-OH is 5. The van der Waals surface area contributed by atoms with Gasteiger partial charge in [-0.2, -0.15) is 0 Å². The number of carbonyl (C=O) groups excluding carboxylic acids is 2. The predicted octanol–water partition coefficient (Wildman–Crippen LogP) is 13.2. The molecule has 1 heterocycles. The summed E-state index contributed by atoms with van der Waals surface area (Å²) < 4.78 is 17.5. The molecule has 1 fully saturated rings. The Morgan fingerprint density at radius 1 is 0.548 bits per heavy atom. The maximum atomic E-state index is 13.3. The molecule has 8 unspecified atom stereocenters. The minimum absolute atomic E-state index is 0.0534. The molecule has 1 saturated heterocycles. The minimum atomic E-state index is -1.63. The Labute approximate surface area is 444 Å². The van der Waals surface area contributed by atoms with Gasteiger partial charge in [-0.1, -0.05) is 221 Å². The Hall–Kier alpha value is -3.42. The van der Waals surface area contributed by atoms with Crippen LogP contribution in [0, 0.1) is 0 Å². The molecule has 0 spiro atoms. The van der Waals surface area contributed by atoms with E-state index in [-0.39, 0.29) is 19.4 Å². The molecule has 0 radical (unpaired) electrons. The fraction of sp³-hybridized carbons (Fsp3) is 0.710. The van der Waals surface area contributed by atoms with Crippen molar-refractivity contribution in [3.05, 3.63) is 97.2 Å². The van der Waals surface area contributed by atoms with Crippen molar-refractivity contribution in [2.75, 3.05) is 13.2 Å². The van der Waals surface area contributed by atoms with Crippen LogP contribution in [0.15, 0.2) is 97.2 Å². The summed E-state index contributed by atoms with van der Waals surface area (Å²) in [5, 5.41) is 56.7. The quantitative estimate of drug-likeness (QED) is 0.0196. The fourth-order valence-electron chi connectivity index (χ4n) is 8.37. The summed E-state index contributed by atoms with van der Waals surface area (Å²) in [7, 11) is 0. The number of rotatable bonds is 47. The lowest BCUT2D eigenvalue weighted by Gasteiger charge is -2.41. The van der Waals surface area contributed by atoms with Gasteiger partial charge in [0.25, 0.3) is 0 Å². The van der Waals surface area contributed by atoms with Crippen molar-refractivity contribution in [3.63, 3.8) is 0 Å². The highest BCUT2D eigenvalue weighted by atomic mass is 16.7. The van der Waals surface area contributed by atoms with E-state index in [2.05, 4.69) is 92.9 Å². The first-order chi connectivity index (χ1) is 35.7. The SMILES string of the molecule is CC/C=C\C/C=C\C/C=C\C/C=C\C/C=C\C/C=C\CC(O)C(=O)NC(COC1OC(CO)C(O)C(O)C1OC(=O)CCCCCCCCC/C=C\CCCCCC)C(O)/C=C/CCCCCCCCCCC. The van der Waals surface area contributed by atoms with E-state index in [0.717, 1.165) is 89.9 Å². The molecule has 11 nitrogen and oxygen atoms in total. The molecule has 1 aliphatic heterocycles. The summed E-state index contributed by atoms with van der Waals surface area (Å²) in [4.78, 5) is 26.4. The highest BCUT2D eigenvalue weighted by molar-refractivity contribution is 5.81. The van der Waals surface area contributed by atoms with Crippen molar-refractivity contribution in [2.24, 2.45) is 0 Å². The van der Waals surface area contributed by atoms with E-state index < -0.39 is 67.4 Å². The van der Waals surface area contributed by atoms with Crippen LogP contribution in [0.2, 0.25) is 0 Å². The van der Waals surface area contributed by atoms with E-state index in [1.165, 1.54) is 83.5 Å². The second-order valence-corrected chi connectivity index (χ2v) is 19.6. The number of nitrogens with one attached hydrogen (secondary N) is 1. The lowest BCUT2D eigenvalue weighted by atomic mass is 9.99. The first-order valence-electron chi connectivity index (χ1n) is 29.0. The second-order valence-electron chi connectivity index (χ2n) is 19.6. The van der Waals surface area contributed by atoms with Gasteiger partial charge in [-0.3, -0.25) is 9.59 Å². The zero-order chi connectivity index (χ0) is 53.3. The average molecular weight is 1020 g/mol. The molecular weight excluding hydrogens is 919 g/mol. The molecule has 0 aliphatic carbocycles. The van der Waals surface area contributed by atoms with Gasteiger partial charge in [-0.05, 0) is 83.5 Å². The van der Waals surface area contributed by atoms with Crippen molar-refractivity contribution >= 4 is 11.9 Å². The molecule has 1 aliphatic rings. The number of allylic oxidation sites excluding steroid dienone is 14. The fourth-order valence-corrected chi connectivity index (χ4v) is 8.37. The summed E-state index contributed by atoms with van der Waals surface area (Å²) in [6.07, 6.45) is 54.7. The van der Waals surface area contributed by atoms with Crippen molar-refractivity contribution in [2.45, 2.75) is 269 Å². The number of ether oxygens (including phenoxy) is 3. The topological polar surface area (TPSA) is 175 Å². The van der Waals surface area contributed by atoms with Gasteiger partial charge in [0.2, 0.25) is 5.91 Å². The van der Waals surface area contributed by atoms with Crippen LogP contribution in [0.5, 0.6) is 0 Å². The molecule has 6 N–H and O–H groups in total. The third-order valence-electron chi connectivity index (χ3n) is 13.0. The Bertz CT molecular complexity index is 1550. The first kappa shape index (κ1) is 67.6. The molecule has 11 heteroatoms. The lowest BCUT2D eigenvalue weighted by Crippen LogP contribution is -2.61. The molecule has 0 bridgehead atoms. The van der Waals surface area contributed by atoms with Crippen LogP contribution < -0.4 is 5.32 Å². The summed E-state index contributed by atoms with van der Waals surface area (Å²) in [6, 6.07) is -1.07. The molecule has 0 aromatic heterocycles. The van der Waals surface area contributed by atoms with Gasteiger partial charge in [0.05, 0.1) is 25.4 Å². The molecule has 1 rings (SSSR count). The van der Waals surface area contributed by atoms with Crippen molar-refractivity contribution in [1.29, 1.82) is 0 Å². The van der Waals surface area contributed by atoms with E-state index >= 15 is 0 Å². The molecule has 0 aromatic carbocycles. The highest BCUT2D eigenvalue weighted by Crippen LogP contribution is 2.26. The maximum absolute atomic E-state index is 13.3.